The van der Waals surface area contributed by atoms with E-state index in [2.05, 4.69) is 45.0 Å². The molecule has 0 radical (unpaired) electrons. The summed E-state index contributed by atoms with van der Waals surface area (Å²) in [7, 11) is 0. The lowest BCUT2D eigenvalue weighted by Crippen LogP contribution is -2.44. The fourth-order valence-electron chi connectivity index (χ4n) is 3.33. The average molecular weight is 247 g/mol. The summed E-state index contributed by atoms with van der Waals surface area (Å²) in [5.74, 6) is 0. The van der Waals surface area contributed by atoms with Gasteiger partial charge in [-0.15, -0.1) is 0 Å². The maximum absolute atomic E-state index is 10.6. The van der Waals surface area contributed by atoms with Crippen LogP contribution in [0.15, 0.2) is 24.3 Å². The standard InChI is InChI=1S/C16H25NO/c1-12-6-4-5-7-13(12)10-16(11-17)9-8-15(2,3)14(16)18/h4-7,14,18H,8-11,17H2,1-3H3. The van der Waals surface area contributed by atoms with Crippen molar-refractivity contribution < 1.29 is 5.11 Å². The third-order valence-electron chi connectivity index (χ3n) is 4.80. The Morgan fingerprint density at radius 3 is 2.44 bits per heavy atom. The second kappa shape index (κ2) is 4.67. The van der Waals surface area contributed by atoms with Crippen molar-refractivity contribution in [2.75, 3.05) is 6.54 Å². The molecule has 1 aliphatic rings. The van der Waals surface area contributed by atoms with Crippen LogP contribution >= 0.6 is 0 Å². The summed E-state index contributed by atoms with van der Waals surface area (Å²) in [6.07, 6.45) is 2.65. The molecule has 0 bridgehead atoms. The number of nitrogens with two attached hydrogens (primary N) is 1. The van der Waals surface area contributed by atoms with Crippen LogP contribution in [-0.2, 0) is 6.42 Å². The van der Waals surface area contributed by atoms with Crippen LogP contribution < -0.4 is 5.73 Å². The van der Waals surface area contributed by atoms with Gasteiger partial charge in [-0.05, 0) is 42.7 Å². The molecule has 1 saturated carbocycles. The van der Waals surface area contributed by atoms with Gasteiger partial charge in [-0.1, -0.05) is 38.1 Å². The molecule has 1 aliphatic carbocycles. The highest BCUT2D eigenvalue weighted by Crippen LogP contribution is 2.50. The first-order chi connectivity index (χ1) is 8.41. The normalized spacial score (nSPS) is 30.6. The van der Waals surface area contributed by atoms with Crippen molar-refractivity contribution in [3.8, 4) is 0 Å². The van der Waals surface area contributed by atoms with Crippen LogP contribution in [0.2, 0.25) is 0 Å². The molecular weight excluding hydrogens is 222 g/mol. The fourth-order valence-corrected chi connectivity index (χ4v) is 3.33. The molecule has 1 fully saturated rings. The number of aryl methyl sites for hydroxylation is 1. The fraction of sp³-hybridized carbons (Fsp3) is 0.625. The molecule has 2 atom stereocenters. The number of rotatable bonds is 3. The third kappa shape index (κ3) is 2.19. The third-order valence-corrected chi connectivity index (χ3v) is 4.80. The van der Waals surface area contributed by atoms with Gasteiger partial charge in [-0.25, -0.2) is 0 Å². The zero-order valence-corrected chi connectivity index (χ0v) is 11.7. The van der Waals surface area contributed by atoms with Gasteiger partial charge in [0.2, 0.25) is 0 Å². The monoisotopic (exact) mass is 247 g/mol. The molecule has 0 aromatic heterocycles. The van der Waals surface area contributed by atoms with Crippen LogP contribution in [0, 0.1) is 17.8 Å². The zero-order valence-electron chi connectivity index (χ0n) is 11.7. The van der Waals surface area contributed by atoms with Gasteiger partial charge in [0.15, 0.2) is 0 Å². The number of benzene rings is 1. The Bertz CT molecular complexity index is 427. The van der Waals surface area contributed by atoms with Gasteiger partial charge < -0.3 is 10.8 Å². The van der Waals surface area contributed by atoms with E-state index in [0.717, 1.165) is 19.3 Å². The van der Waals surface area contributed by atoms with Gasteiger partial charge >= 0.3 is 0 Å². The van der Waals surface area contributed by atoms with Gasteiger partial charge in [-0.2, -0.15) is 0 Å². The lowest BCUT2D eigenvalue weighted by atomic mass is 9.74. The van der Waals surface area contributed by atoms with Gasteiger partial charge in [0.25, 0.3) is 0 Å². The van der Waals surface area contributed by atoms with Gasteiger partial charge in [0.1, 0.15) is 0 Å². The Morgan fingerprint density at radius 1 is 1.28 bits per heavy atom. The molecule has 2 heteroatoms. The summed E-state index contributed by atoms with van der Waals surface area (Å²) in [5, 5.41) is 10.6. The van der Waals surface area contributed by atoms with Crippen LogP contribution in [-0.4, -0.2) is 17.8 Å². The molecule has 2 rings (SSSR count). The predicted octanol–water partition coefficient (Wildman–Crippen LogP) is 2.66. The van der Waals surface area contributed by atoms with E-state index in [4.69, 9.17) is 5.73 Å². The van der Waals surface area contributed by atoms with Crippen molar-refractivity contribution >= 4 is 0 Å². The summed E-state index contributed by atoms with van der Waals surface area (Å²) < 4.78 is 0. The molecule has 0 spiro atoms. The molecule has 0 heterocycles. The van der Waals surface area contributed by atoms with E-state index in [1.807, 2.05) is 0 Å². The number of aliphatic hydroxyl groups excluding tert-OH is 1. The van der Waals surface area contributed by atoms with Gasteiger partial charge in [0.05, 0.1) is 6.10 Å². The smallest absolute Gasteiger partial charge is 0.0662 e. The van der Waals surface area contributed by atoms with Crippen molar-refractivity contribution in [2.45, 2.75) is 46.1 Å². The van der Waals surface area contributed by atoms with Crippen molar-refractivity contribution in [3.05, 3.63) is 35.4 Å². The van der Waals surface area contributed by atoms with Crippen LogP contribution in [0.3, 0.4) is 0 Å². The van der Waals surface area contributed by atoms with Crippen LogP contribution in [0.25, 0.3) is 0 Å². The second-order valence-corrected chi connectivity index (χ2v) is 6.56. The summed E-state index contributed by atoms with van der Waals surface area (Å²) >= 11 is 0. The molecule has 18 heavy (non-hydrogen) atoms. The maximum atomic E-state index is 10.6. The van der Waals surface area contributed by atoms with Crippen LogP contribution in [0.5, 0.6) is 0 Å². The van der Waals surface area contributed by atoms with E-state index in [1.165, 1.54) is 11.1 Å². The maximum Gasteiger partial charge on any atom is 0.0662 e. The number of aliphatic hydroxyl groups is 1. The van der Waals surface area contributed by atoms with Crippen LogP contribution in [0.1, 0.15) is 37.8 Å². The molecule has 0 aliphatic heterocycles. The first kappa shape index (κ1) is 13.6. The minimum Gasteiger partial charge on any atom is -0.392 e. The SMILES string of the molecule is Cc1ccccc1CC1(CN)CCC(C)(C)C1O. The number of hydrogen-bond donors (Lipinski definition) is 2. The molecule has 0 amide bonds. The summed E-state index contributed by atoms with van der Waals surface area (Å²) in [5.41, 5.74) is 8.48. The predicted molar refractivity (Wildman–Crippen MR) is 75.4 cm³/mol. The Kier molecular flexibility index (Phi) is 3.52. The quantitative estimate of drug-likeness (QED) is 0.862. The molecule has 0 saturated heterocycles. The van der Waals surface area contributed by atoms with E-state index < -0.39 is 0 Å². The van der Waals surface area contributed by atoms with Crippen molar-refractivity contribution in [1.82, 2.24) is 0 Å². The van der Waals surface area contributed by atoms with Crippen molar-refractivity contribution in [1.29, 1.82) is 0 Å². The summed E-state index contributed by atoms with van der Waals surface area (Å²) in [4.78, 5) is 0. The lowest BCUT2D eigenvalue weighted by Gasteiger charge is -2.36. The molecule has 2 nitrogen and oxygen atoms in total. The molecule has 3 N–H and O–H groups in total. The summed E-state index contributed by atoms with van der Waals surface area (Å²) in [6.45, 7) is 6.98. The van der Waals surface area contributed by atoms with Gasteiger partial charge in [0, 0.05) is 12.0 Å². The minimum absolute atomic E-state index is 0.0119. The van der Waals surface area contributed by atoms with E-state index in [9.17, 15) is 5.11 Å². The average Bonchev–Trinajstić information content (AvgIpc) is 2.57. The summed E-state index contributed by atoms with van der Waals surface area (Å²) in [6, 6.07) is 8.42. The molecule has 1 aromatic rings. The first-order valence-electron chi connectivity index (χ1n) is 6.84. The first-order valence-corrected chi connectivity index (χ1v) is 6.84. The molecular formula is C16H25NO. The Morgan fingerprint density at radius 2 is 1.94 bits per heavy atom. The topological polar surface area (TPSA) is 46.2 Å². The molecule has 2 unspecified atom stereocenters. The Labute approximate surface area is 110 Å². The van der Waals surface area contributed by atoms with E-state index in [0.29, 0.717) is 6.54 Å². The lowest BCUT2D eigenvalue weighted by molar-refractivity contribution is -0.00469. The minimum atomic E-state index is -0.311. The second-order valence-electron chi connectivity index (χ2n) is 6.56. The molecule has 100 valence electrons. The highest BCUT2D eigenvalue weighted by atomic mass is 16.3. The van der Waals surface area contributed by atoms with Crippen LogP contribution in [0.4, 0.5) is 0 Å². The van der Waals surface area contributed by atoms with Crippen molar-refractivity contribution in [3.63, 3.8) is 0 Å². The van der Waals surface area contributed by atoms with Crippen molar-refractivity contribution in [2.24, 2.45) is 16.6 Å². The van der Waals surface area contributed by atoms with E-state index in [1.54, 1.807) is 0 Å². The van der Waals surface area contributed by atoms with E-state index >= 15 is 0 Å². The van der Waals surface area contributed by atoms with Gasteiger partial charge in [-0.3, -0.25) is 0 Å². The largest absolute Gasteiger partial charge is 0.392 e. The Balaban J connectivity index is 2.28. The van der Waals surface area contributed by atoms with E-state index in [-0.39, 0.29) is 16.9 Å². The zero-order chi connectivity index (χ0) is 13.4. The highest BCUT2D eigenvalue weighted by molar-refractivity contribution is 5.28. The molecule has 1 aromatic carbocycles. The highest BCUT2D eigenvalue weighted by Gasteiger charge is 2.50. The number of hydrogen-bond acceptors (Lipinski definition) is 2. The Hall–Kier alpha value is -0.860.